The van der Waals surface area contributed by atoms with Crippen LogP contribution in [0.15, 0.2) is 35.7 Å². The third-order valence-corrected chi connectivity index (χ3v) is 3.56. The summed E-state index contributed by atoms with van der Waals surface area (Å²) >= 11 is 1.08. The highest BCUT2D eigenvalue weighted by atomic mass is 32.1. The number of methoxy groups -OCH3 is 1. The van der Waals surface area contributed by atoms with E-state index in [4.69, 9.17) is 9.84 Å². The van der Waals surface area contributed by atoms with Crippen LogP contribution in [0.5, 0.6) is 5.75 Å². The summed E-state index contributed by atoms with van der Waals surface area (Å²) < 4.78 is 5.04. The van der Waals surface area contributed by atoms with E-state index in [0.29, 0.717) is 5.69 Å². The third-order valence-electron chi connectivity index (χ3n) is 2.66. The number of anilines is 1. The highest BCUT2D eigenvalue weighted by Crippen LogP contribution is 2.22. The fraction of sp³-hybridized carbons (Fsp3) is 0.143. The first-order chi connectivity index (χ1) is 9.60. The summed E-state index contributed by atoms with van der Waals surface area (Å²) in [6.07, 6.45) is 0.179. The van der Waals surface area contributed by atoms with Gasteiger partial charge in [0.05, 0.1) is 19.2 Å². The van der Waals surface area contributed by atoms with Crippen molar-refractivity contribution in [2.24, 2.45) is 0 Å². The van der Waals surface area contributed by atoms with Crippen molar-refractivity contribution in [1.29, 1.82) is 0 Å². The molecule has 2 N–H and O–H groups in total. The van der Waals surface area contributed by atoms with E-state index in [2.05, 4.69) is 5.32 Å². The summed E-state index contributed by atoms with van der Waals surface area (Å²) in [5.41, 5.74) is 1.16. The van der Waals surface area contributed by atoms with E-state index >= 15 is 0 Å². The van der Waals surface area contributed by atoms with Crippen LogP contribution < -0.4 is 10.1 Å². The van der Waals surface area contributed by atoms with Crippen LogP contribution in [0.4, 0.5) is 5.69 Å². The first kappa shape index (κ1) is 14.1. The molecule has 0 atom stereocenters. The SMILES string of the molecule is COc1ccc(CC(=O)Nc2ccsc2C(=O)O)cc1. The molecule has 1 aromatic heterocycles. The van der Waals surface area contributed by atoms with Crippen LogP contribution in [0.1, 0.15) is 15.2 Å². The van der Waals surface area contributed by atoms with Crippen molar-refractivity contribution in [2.75, 3.05) is 12.4 Å². The second-order valence-electron chi connectivity index (χ2n) is 4.04. The molecular formula is C14H13NO4S. The fourth-order valence-electron chi connectivity index (χ4n) is 1.70. The van der Waals surface area contributed by atoms with Crippen LogP contribution >= 0.6 is 11.3 Å². The number of hydrogen-bond acceptors (Lipinski definition) is 4. The molecule has 0 spiro atoms. The van der Waals surface area contributed by atoms with Crippen molar-refractivity contribution in [3.8, 4) is 5.75 Å². The van der Waals surface area contributed by atoms with Gasteiger partial charge in [0, 0.05) is 0 Å². The second kappa shape index (κ2) is 6.21. The lowest BCUT2D eigenvalue weighted by Gasteiger charge is -2.05. The number of hydrogen-bond donors (Lipinski definition) is 2. The lowest BCUT2D eigenvalue weighted by Crippen LogP contribution is -2.15. The molecule has 20 heavy (non-hydrogen) atoms. The number of carbonyl (C=O) groups is 2. The number of thiophene rings is 1. The Hall–Kier alpha value is -2.34. The monoisotopic (exact) mass is 291 g/mol. The molecule has 0 unspecified atom stereocenters. The minimum atomic E-state index is -1.04. The maximum atomic E-state index is 11.9. The van der Waals surface area contributed by atoms with E-state index < -0.39 is 5.97 Å². The summed E-state index contributed by atoms with van der Waals surface area (Å²) in [6, 6.07) is 8.72. The normalized spacial score (nSPS) is 10.1. The van der Waals surface area contributed by atoms with E-state index in [9.17, 15) is 9.59 Å². The Morgan fingerprint density at radius 2 is 1.95 bits per heavy atom. The van der Waals surface area contributed by atoms with Gasteiger partial charge in [-0.15, -0.1) is 11.3 Å². The molecule has 0 aliphatic carbocycles. The molecule has 6 heteroatoms. The summed E-state index contributed by atoms with van der Waals surface area (Å²) in [6.45, 7) is 0. The van der Waals surface area contributed by atoms with Gasteiger partial charge in [-0.1, -0.05) is 12.1 Å². The number of ether oxygens (including phenoxy) is 1. The van der Waals surface area contributed by atoms with Crippen molar-refractivity contribution in [3.63, 3.8) is 0 Å². The van der Waals surface area contributed by atoms with Crippen LogP contribution in [0, 0.1) is 0 Å². The first-order valence-electron chi connectivity index (χ1n) is 5.83. The van der Waals surface area contributed by atoms with E-state index in [1.165, 1.54) is 0 Å². The zero-order chi connectivity index (χ0) is 14.5. The number of rotatable bonds is 5. The Morgan fingerprint density at radius 3 is 2.55 bits per heavy atom. The molecule has 0 aliphatic heterocycles. The molecule has 0 radical (unpaired) electrons. The summed E-state index contributed by atoms with van der Waals surface area (Å²) in [5, 5.41) is 13.2. The Bertz CT molecular complexity index is 618. The Morgan fingerprint density at radius 1 is 1.25 bits per heavy atom. The van der Waals surface area contributed by atoms with Crippen LogP contribution in [-0.4, -0.2) is 24.1 Å². The molecule has 0 aliphatic rings. The van der Waals surface area contributed by atoms with Gasteiger partial charge >= 0.3 is 5.97 Å². The number of nitrogens with one attached hydrogen (secondary N) is 1. The van der Waals surface area contributed by atoms with E-state index in [0.717, 1.165) is 22.6 Å². The quantitative estimate of drug-likeness (QED) is 0.888. The van der Waals surface area contributed by atoms with Crippen LogP contribution in [0.3, 0.4) is 0 Å². The standard InChI is InChI=1S/C14H13NO4S/c1-19-10-4-2-9(3-5-10)8-12(16)15-11-6-7-20-13(11)14(17)18/h2-7H,8H2,1H3,(H,15,16)(H,17,18). The molecule has 1 amide bonds. The molecule has 0 saturated carbocycles. The minimum Gasteiger partial charge on any atom is -0.497 e. The predicted molar refractivity (Wildman–Crippen MR) is 76.6 cm³/mol. The molecule has 2 aromatic rings. The Labute approximate surface area is 119 Å². The van der Waals surface area contributed by atoms with Crippen molar-refractivity contribution in [1.82, 2.24) is 0 Å². The number of aromatic carboxylic acids is 1. The number of carboxylic acid groups (broad SMARTS) is 1. The van der Waals surface area contributed by atoms with Gasteiger partial charge in [-0.3, -0.25) is 4.79 Å². The Kier molecular flexibility index (Phi) is 4.37. The molecule has 0 bridgehead atoms. The molecule has 1 heterocycles. The third kappa shape index (κ3) is 3.36. The molecule has 1 aromatic carbocycles. The molecule has 104 valence electrons. The number of carbonyl (C=O) groups excluding carboxylic acids is 1. The second-order valence-corrected chi connectivity index (χ2v) is 4.96. The van der Waals surface area contributed by atoms with Gasteiger partial charge in [0.2, 0.25) is 5.91 Å². The number of amides is 1. The van der Waals surface area contributed by atoms with Gasteiger partial charge in [0.15, 0.2) is 0 Å². The maximum absolute atomic E-state index is 11.9. The van der Waals surface area contributed by atoms with E-state index in [1.807, 2.05) is 0 Å². The lowest BCUT2D eigenvalue weighted by atomic mass is 10.1. The van der Waals surface area contributed by atoms with Crippen molar-refractivity contribution < 1.29 is 19.4 Å². The topological polar surface area (TPSA) is 75.6 Å². The van der Waals surface area contributed by atoms with Crippen LogP contribution in [0.25, 0.3) is 0 Å². The molecule has 2 rings (SSSR count). The first-order valence-corrected chi connectivity index (χ1v) is 6.71. The zero-order valence-corrected chi connectivity index (χ0v) is 11.6. The average Bonchev–Trinajstić information content (AvgIpc) is 2.87. The maximum Gasteiger partial charge on any atom is 0.348 e. The van der Waals surface area contributed by atoms with E-state index in [-0.39, 0.29) is 17.2 Å². The van der Waals surface area contributed by atoms with Gasteiger partial charge in [-0.2, -0.15) is 0 Å². The molecular weight excluding hydrogens is 278 g/mol. The van der Waals surface area contributed by atoms with Crippen molar-refractivity contribution in [2.45, 2.75) is 6.42 Å². The van der Waals surface area contributed by atoms with Crippen LogP contribution in [0.2, 0.25) is 0 Å². The van der Waals surface area contributed by atoms with Gasteiger partial charge in [0.1, 0.15) is 10.6 Å². The summed E-state index contributed by atoms with van der Waals surface area (Å²) in [5.74, 6) is -0.573. The Balaban J connectivity index is 2.01. The molecule has 0 fully saturated rings. The summed E-state index contributed by atoms with van der Waals surface area (Å²) in [4.78, 5) is 22.9. The van der Waals surface area contributed by atoms with Gasteiger partial charge in [-0.05, 0) is 29.1 Å². The highest BCUT2D eigenvalue weighted by molar-refractivity contribution is 7.12. The van der Waals surface area contributed by atoms with Gasteiger partial charge < -0.3 is 15.2 Å². The molecule has 5 nitrogen and oxygen atoms in total. The van der Waals surface area contributed by atoms with Crippen LogP contribution in [-0.2, 0) is 11.2 Å². The summed E-state index contributed by atoms with van der Waals surface area (Å²) in [7, 11) is 1.58. The predicted octanol–water partition coefficient (Wildman–Crippen LogP) is 2.64. The van der Waals surface area contributed by atoms with Crippen molar-refractivity contribution >= 4 is 28.9 Å². The van der Waals surface area contributed by atoms with Gasteiger partial charge in [0.25, 0.3) is 0 Å². The highest BCUT2D eigenvalue weighted by Gasteiger charge is 2.14. The smallest absolute Gasteiger partial charge is 0.348 e. The number of benzene rings is 1. The largest absolute Gasteiger partial charge is 0.497 e. The lowest BCUT2D eigenvalue weighted by molar-refractivity contribution is -0.115. The minimum absolute atomic E-state index is 0.132. The number of carboxylic acids is 1. The van der Waals surface area contributed by atoms with Gasteiger partial charge in [-0.25, -0.2) is 4.79 Å². The van der Waals surface area contributed by atoms with E-state index in [1.54, 1.807) is 42.8 Å². The fourth-order valence-corrected chi connectivity index (χ4v) is 2.38. The zero-order valence-electron chi connectivity index (χ0n) is 10.8. The molecule has 0 saturated heterocycles. The average molecular weight is 291 g/mol. The van der Waals surface area contributed by atoms with Crippen molar-refractivity contribution in [3.05, 3.63) is 46.2 Å².